The van der Waals surface area contributed by atoms with Gasteiger partial charge in [-0.3, -0.25) is 9.59 Å². The zero-order valence-corrected chi connectivity index (χ0v) is 13.8. The van der Waals surface area contributed by atoms with Crippen LogP contribution in [0.15, 0.2) is 28.4 Å². The van der Waals surface area contributed by atoms with E-state index < -0.39 is 17.5 Å². The number of benzene rings is 1. The van der Waals surface area contributed by atoms with Crippen LogP contribution in [0.25, 0.3) is 10.2 Å². The van der Waals surface area contributed by atoms with Gasteiger partial charge < -0.3 is 9.88 Å². The lowest BCUT2D eigenvalue weighted by Gasteiger charge is -2.17. The number of thiophene rings is 1. The van der Waals surface area contributed by atoms with E-state index in [2.05, 4.69) is 9.97 Å². The number of halogens is 3. The van der Waals surface area contributed by atoms with Gasteiger partial charge in [0.2, 0.25) is 0 Å². The first kappa shape index (κ1) is 16.5. The van der Waals surface area contributed by atoms with Crippen molar-refractivity contribution < 1.29 is 13.6 Å². The van der Waals surface area contributed by atoms with Gasteiger partial charge in [0.25, 0.3) is 11.5 Å². The molecule has 1 N–H and O–H groups in total. The van der Waals surface area contributed by atoms with Gasteiger partial charge in [-0.15, -0.1) is 11.3 Å². The number of amides is 1. The summed E-state index contributed by atoms with van der Waals surface area (Å²) >= 11 is 7.07. The Bertz CT molecular complexity index is 1000. The topological polar surface area (TPSA) is 66.1 Å². The quantitative estimate of drug-likeness (QED) is 0.721. The van der Waals surface area contributed by atoms with Crippen molar-refractivity contribution in [3.05, 3.63) is 62.0 Å². The van der Waals surface area contributed by atoms with Crippen molar-refractivity contribution in [3.63, 3.8) is 0 Å². The number of carbonyl (C=O) groups excluding carboxylic acids is 1. The van der Waals surface area contributed by atoms with E-state index in [1.54, 1.807) is 11.4 Å². The normalized spacial score (nSPS) is 11.0. The second-order valence-electron chi connectivity index (χ2n) is 5.05. The van der Waals surface area contributed by atoms with E-state index in [1.165, 1.54) is 23.3 Å². The van der Waals surface area contributed by atoms with Gasteiger partial charge in [0.05, 0.1) is 22.6 Å². The number of rotatable bonds is 3. The third kappa shape index (κ3) is 3.02. The highest BCUT2D eigenvalue weighted by Crippen LogP contribution is 2.22. The van der Waals surface area contributed by atoms with Crippen LogP contribution in [0.2, 0.25) is 5.02 Å². The van der Waals surface area contributed by atoms with Gasteiger partial charge in [0.1, 0.15) is 10.5 Å². The van der Waals surface area contributed by atoms with Gasteiger partial charge in [0.15, 0.2) is 11.6 Å². The fourth-order valence-corrected chi connectivity index (χ4v) is 3.14. The van der Waals surface area contributed by atoms with Crippen molar-refractivity contribution in [2.45, 2.75) is 6.54 Å². The Hall–Kier alpha value is -2.32. The maximum atomic E-state index is 13.3. The summed E-state index contributed by atoms with van der Waals surface area (Å²) in [6.07, 6.45) is 0. The molecule has 2 heterocycles. The average Bonchev–Trinajstić information content (AvgIpc) is 2.99. The first-order valence-electron chi connectivity index (χ1n) is 6.73. The van der Waals surface area contributed by atoms with Gasteiger partial charge in [-0.25, -0.2) is 13.8 Å². The van der Waals surface area contributed by atoms with Crippen LogP contribution < -0.4 is 5.56 Å². The lowest BCUT2D eigenvalue weighted by Crippen LogP contribution is -2.28. The number of nitrogens with zero attached hydrogens (tertiary/aromatic N) is 2. The third-order valence-electron chi connectivity index (χ3n) is 3.34. The molecule has 0 spiro atoms. The standard InChI is InChI=1S/C15H10ClF2N3O2S/c1-21(15(23)7-4-9(17)10(18)5-8(7)16)6-12-19-11-2-3-24-13(11)14(22)20-12/h2-5H,6H2,1H3,(H,19,20,22). The summed E-state index contributed by atoms with van der Waals surface area (Å²) < 4.78 is 26.9. The SMILES string of the molecule is CN(Cc1nc2ccsc2c(=O)[nH]1)C(=O)c1cc(F)c(F)cc1Cl. The number of nitrogens with one attached hydrogen (secondary N) is 1. The summed E-state index contributed by atoms with van der Waals surface area (Å²) in [4.78, 5) is 32.3. The first-order chi connectivity index (χ1) is 11.4. The van der Waals surface area contributed by atoms with Crippen LogP contribution in [0, 0.1) is 11.6 Å². The average molecular weight is 370 g/mol. The van der Waals surface area contributed by atoms with Crippen LogP contribution in [0.5, 0.6) is 0 Å². The summed E-state index contributed by atoms with van der Waals surface area (Å²) in [6.45, 7) is -0.0187. The van der Waals surface area contributed by atoms with E-state index in [0.29, 0.717) is 10.2 Å². The molecule has 2 aromatic heterocycles. The van der Waals surface area contributed by atoms with Gasteiger partial charge in [0, 0.05) is 7.05 Å². The molecule has 0 aliphatic heterocycles. The van der Waals surface area contributed by atoms with Crippen molar-refractivity contribution in [1.29, 1.82) is 0 Å². The second kappa shape index (κ2) is 6.29. The molecule has 0 aliphatic carbocycles. The van der Waals surface area contributed by atoms with Gasteiger partial charge in [-0.05, 0) is 23.6 Å². The zero-order valence-electron chi connectivity index (χ0n) is 12.3. The summed E-state index contributed by atoms with van der Waals surface area (Å²) in [5, 5.41) is 1.55. The number of aromatic amines is 1. The van der Waals surface area contributed by atoms with Crippen LogP contribution in [0.1, 0.15) is 16.2 Å². The van der Waals surface area contributed by atoms with E-state index in [-0.39, 0.29) is 28.5 Å². The van der Waals surface area contributed by atoms with Crippen LogP contribution in [-0.2, 0) is 6.54 Å². The summed E-state index contributed by atoms with van der Waals surface area (Å²) in [5.74, 6) is -2.64. The number of hydrogen-bond donors (Lipinski definition) is 1. The highest BCUT2D eigenvalue weighted by Gasteiger charge is 2.19. The second-order valence-corrected chi connectivity index (χ2v) is 6.38. The minimum Gasteiger partial charge on any atom is -0.334 e. The van der Waals surface area contributed by atoms with E-state index in [1.807, 2.05) is 0 Å². The fraction of sp³-hybridized carbons (Fsp3) is 0.133. The molecule has 0 saturated heterocycles. The highest BCUT2D eigenvalue weighted by atomic mass is 35.5. The van der Waals surface area contributed by atoms with E-state index >= 15 is 0 Å². The summed E-state index contributed by atoms with van der Waals surface area (Å²) in [7, 11) is 1.44. The molecule has 3 rings (SSSR count). The number of fused-ring (bicyclic) bond motifs is 1. The molecule has 0 bridgehead atoms. The van der Waals surface area contributed by atoms with Crippen LogP contribution in [0.4, 0.5) is 8.78 Å². The molecule has 3 aromatic rings. The van der Waals surface area contributed by atoms with Crippen molar-refractivity contribution in [3.8, 4) is 0 Å². The molecular weight excluding hydrogens is 360 g/mol. The number of hydrogen-bond acceptors (Lipinski definition) is 4. The van der Waals surface area contributed by atoms with E-state index in [0.717, 1.165) is 12.1 Å². The van der Waals surface area contributed by atoms with Crippen molar-refractivity contribution in [1.82, 2.24) is 14.9 Å². The molecule has 9 heteroatoms. The third-order valence-corrected chi connectivity index (χ3v) is 4.55. The first-order valence-corrected chi connectivity index (χ1v) is 7.99. The van der Waals surface area contributed by atoms with Crippen molar-refractivity contribution >= 4 is 39.1 Å². The zero-order chi connectivity index (χ0) is 17.4. The minimum atomic E-state index is -1.16. The Kier molecular flexibility index (Phi) is 4.33. The molecule has 1 aromatic carbocycles. The smallest absolute Gasteiger partial charge is 0.268 e. The molecule has 0 unspecified atom stereocenters. The lowest BCUT2D eigenvalue weighted by molar-refractivity contribution is 0.0781. The van der Waals surface area contributed by atoms with Crippen LogP contribution >= 0.6 is 22.9 Å². The molecule has 0 fully saturated rings. The number of H-pyrrole nitrogens is 1. The Morgan fingerprint density at radius 3 is 2.83 bits per heavy atom. The van der Waals surface area contributed by atoms with Gasteiger partial charge >= 0.3 is 0 Å². The highest BCUT2D eigenvalue weighted by molar-refractivity contribution is 7.17. The van der Waals surface area contributed by atoms with Crippen molar-refractivity contribution in [2.75, 3.05) is 7.05 Å². The maximum absolute atomic E-state index is 13.3. The van der Waals surface area contributed by atoms with Gasteiger partial charge in [-0.2, -0.15) is 0 Å². The summed E-state index contributed by atoms with van der Waals surface area (Å²) in [5.41, 5.74) is 0.0687. The monoisotopic (exact) mass is 369 g/mol. The lowest BCUT2D eigenvalue weighted by atomic mass is 10.2. The molecular formula is C15H10ClF2N3O2S. The molecule has 24 heavy (non-hydrogen) atoms. The van der Waals surface area contributed by atoms with Crippen LogP contribution in [0.3, 0.4) is 0 Å². The predicted octanol–water partition coefficient (Wildman–Crippen LogP) is 3.19. The molecule has 1 amide bonds. The Balaban J connectivity index is 1.88. The molecule has 0 radical (unpaired) electrons. The molecule has 0 atom stereocenters. The maximum Gasteiger partial charge on any atom is 0.268 e. The molecule has 0 saturated carbocycles. The van der Waals surface area contributed by atoms with Crippen molar-refractivity contribution in [2.24, 2.45) is 0 Å². The van der Waals surface area contributed by atoms with Crippen LogP contribution in [-0.4, -0.2) is 27.8 Å². The van der Waals surface area contributed by atoms with E-state index in [9.17, 15) is 18.4 Å². The van der Waals surface area contributed by atoms with Gasteiger partial charge in [-0.1, -0.05) is 11.6 Å². The van der Waals surface area contributed by atoms with E-state index in [4.69, 9.17) is 11.6 Å². The molecule has 5 nitrogen and oxygen atoms in total. The predicted molar refractivity (Wildman–Crippen MR) is 87.4 cm³/mol. The minimum absolute atomic E-state index is 0.0187. The number of carbonyl (C=O) groups is 1. The largest absolute Gasteiger partial charge is 0.334 e. The Labute approximate surface area is 143 Å². The molecule has 0 aliphatic rings. The summed E-state index contributed by atoms with van der Waals surface area (Å²) in [6, 6.07) is 3.19. The molecule has 124 valence electrons. The Morgan fingerprint density at radius 1 is 1.38 bits per heavy atom. The fourth-order valence-electron chi connectivity index (χ4n) is 2.19. The Morgan fingerprint density at radius 2 is 2.08 bits per heavy atom. The number of aromatic nitrogens is 2.